The minimum absolute atomic E-state index is 0.0860. The number of aliphatic hydroxyl groups is 2. The maximum Gasteiger partial charge on any atom is 0.251 e. The Balaban J connectivity index is 2.28. The van der Waals surface area contributed by atoms with Crippen molar-refractivity contribution in [1.29, 1.82) is 0 Å². The highest BCUT2D eigenvalue weighted by atomic mass is 79.9. The number of carbonyl (C=O) groups is 1. The maximum atomic E-state index is 11.3. The van der Waals surface area contributed by atoms with E-state index < -0.39 is 12.2 Å². The van der Waals surface area contributed by atoms with Gasteiger partial charge in [-0.05, 0) is 17.2 Å². The van der Waals surface area contributed by atoms with Crippen molar-refractivity contribution in [1.82, 2.24) is 5.32 Å². The van der Waals surface area contributed by atoms with E-state index in [0.717, 1.165) is 5.56 Å². The third kappa shape index (κ3) is 1.98. The van der Waals surface area contributed by atoms with Crippen LogP contribution in [0.4, 0.5) is 0 Å². The summed E-state index contributed by atoms with van der Waals surface area (Å²) in [5, 5.41) is 22.3. The van der Waals surface area contributed by atoms with E-state index in [-0.39, 0.29) is 5.91 Å². The lowest BCUT2D eigenvalue weighted by Gasteiger charge is -2.16. The zero-order chi connectivity index (χ0) is 11.7. The normalized spacial score (nSPS) is 17.8. The Morgan fingerprint density at radius 3 is 2.88 bits per heavy atom. The third-order valence-electron chi connectivity index (χ3n) is 2.68. The lowest BCUT2D eigenvalue weighted by atomic mass is 10.0. The van der Waals surface area contributed by atoms with Crippen molar-refractivity contribution in [3.05, 3.63) is 34.9 Å². The zero-order valence-corrected chi connectivity index (χ0v) is 10.1. The Bertz CT molecular complexity index is 422. The van der Waals surface area contributed by atoms with Crippen molar-refractivity contribution in [3.63, 3.8) is 0 Å². The number of halogens is 1. The summed E-state index contributed by atoms with van der Waals surface area (Å²) in [6.07, 6.45) is -1.77. The topological polar surface area (TPSA) is 69.6 Å². The number of rotatable bonds is 3. The molecule has 2 atom stereocenters. The van der Waals surface area contributed by atoms with Crippen LogP contribution in [0, 0.1) is 0 Å². The van der Waals surface area contributed by atoms with Gasteiger partial charge in [0.25, 0.3) is 5.91 Å². The number of aliphatic hydroxyl groups excluding tert-OH is 2. The van der Waals surface area contributed by atoms with E-state index in [1.807, 2.05) is 0 Å². The molecule has 1 aliphatic heterocycles. The molecular weight excluding hydrogens is 274 g/mol. The van der Waals surface area contributed by atoms with E-state index in [4.69, 9.17) is 0 Å². The molecule has 0 spiro atoms. The fourth-order valence-corrected chi connectivity index (χ4v) is 2.10. The summed E-state index contributed by atoms with van der Waals surface area (Å²) in [4.78, 5) is 11.3. The fourth-order valence-electron chi connectivity index (χ4n) is 1.74. The van der Waals surface area contributed by atoms with Crippen LogP contribution < -0.4 is 5.32 Å². The predicted molar refractivity (Wildman–Crippen MR) is 62.4 cm³/mol. The first-order valence-corrected chi connectivity index (χ1v) is 6.08. The monoisotopic (exact) mass is 285 g/mol. The van der Waals surface area contributed by atoms with E-state index in [1.165, 1.54) is 0 Å². The molecule has 1 aromatic carbocycles. The average molecular weight is 286 g/mol. The molecule has 1 amide bonds. The van der Waals surface area contributed by atoms with E-state index >= 15 is 0 Å². The second kappa shape index (κ2) is 4.53. The Morgan fingerprint density at radius 1 is 1.44 bits per heavy atom. The number of carbonyl (C=O) groups excluding carboxylic acids is 1. The second-order valence-electron chi connectivity index (χ2n) is 3.77. The Kier molecular flexibility index (Phi) is 3.28. The van der Waals surface area contributed by atoms with Crippen LogP contribution in [0.1, 0.15) is 27.6 Å². The number of amides is 1. The molecule has 1 aliphatic rings. The van der Waals surface area contributed by atoms with Crippen molar-refractivity contribution in [3.8, 4) is 0 Å². The van der Waals surface area contributed by atoms with Gasteiger partial charge in [-0.1, -0.05) is 28.1 Å². The van der Waals surface area contributed by atoms with Crippen LogP contribution in [0.3, 0.4) is 0 Å². The molecule has 0 bridgehead atoms. The molecular formula is C11H12BrNO3. The molecule has 16 heavy (non-hydrogen) atoms. The van der Waals surface area contributed by atoms with E-state index in [2.05, 4.69) is 21.2 Å². The smallest absolute Gasteiger partial charge is 0.251 e. The molecule has 4 nitrogen and oxygen atoms in total. The summed E-state index contributed by atoms with van der Waals surface area (Å²) in [7, 11) is 0. The van der Waals surface area contributed by atoms with Crippen molar-refractivity contribution >= 4 is 21.8 Å². The highest BCUT2D eigenvalue weighted by molar-refractivity contribution is 9.09. The van der Waals surface area contributed by atoms with Crippen molar-refractivity contribution in [2.75, 3.05) is 5.33 Å². The van der Waals surface area contributed by atoms with Gasteiger partial charge in [-0.3, -0.25) is 4.79 Å². The Hall–Kier alpha value is -0.910. The van der Waals surface area contributed by atoms with Crippen LogP contribution in [-0.4, -0.2) is 27.6 Å². The molecule has 2 unspecified atom stereocenters. The molecule has 0 fully saturated rings. The van der Waals surface area contributed by atoms with Gasteiger partial charge in [0.05, 0.1) is 6.10 Å². The lowest BCUT2D eigenvalue weighted by Crippen LogP contribution is -2.19. The fraction of sp³-hybridized carbons (Fsp3) is 0.364. The highest BCUT2D eigenvalue weighted by Gasteiger charge is 2.22. The van der Waals surface area contributed by atoms with Crippen LogP contribution in [0.15, 0.2) is 18.2 Å². The van der Waals surface area contributed by atoms with Gasteiger partial charge in [-0.15, -0.1) is 0 Å². The largest absolute Gasteiger partial charge is 0.389 e. The van der Waals surface area contributed by atoms with E-state index in [9.17, 15) is 15.0 Å². The number of hydrogen-bond acceptors (Lipinski definition) is 3. The van der Waals surface area contributed by atoms with E-state index in [0.29, 0.717) is 23.0 Å². The first-order valence-electron chi connectivity index (χ1n) is 4.96. The quantitative estimate of drug-likeness (QED) is 0.717. The van der Waals surface area contributed by atoms with E-state index in [1.54, 1.807) is 18.2 Å². The molecule has 2 rings (SSSR count). The molecule has 0 aromatic heterocycles. The first kappa shape index (κ1) is 11.6. The Labute approximate surface area is 101 Å². The minimum atomic E-state index is -0.930. The summed E-state index contributed by atoms with van der Waals surface area (Å²) >= 11 is 3.11. The van der Waals surface area contributed by atoms with Gasteiger partial charge in [-0.2, -0.15) is 0 Å². The van der Waals surface area contributed by atoms with Crippen LogP contribution in [0.25, 0.3) is 0 Å². The van der Waals surface area contributed by atoms with Crippen molar-refractivity contribution in [2.24, 2.45) is 0 Å². The van der Waals surface area contributed by atoms with Crippen LogP contribution >= 0.6 is 15.9 Å². The minimum Gasteiger partial charge on any atom is -0.389 e. The molecule has 5 heteroatoms. The van der Waals surface area contributed by atoms with Gasteiger partial charge in [-0.25, -0.2) is 0 Å². The highest BCUT2D eigenvalue weighted by Crippen LogP contribution is 2.23. The molecule has 0 saturated carbocycles. The standard InChI is InChI=1S/C11H12BrNO3/c12-4-9(14)10(15)6-1-2-8-7(3-6)5-13-11(8)16/h1-3,9-10,14-15H,4-5H2,(H,13,16). The van der Waals surface area contributed by atoms with Gasteiger partial charge < -0.3 is 15.5 Å². The van der Waals surface area contributed by atoms with Crippen LogP contribution in [0.5, 0.6) is 0 Å². The zero-order valence-electron chi connectivity index (χ0n) is 8.48. The molecule has 0 aliphatic carbocycles. The molecule has 1 heterocycles. The van der Waals surface area contributed by atoms with Gasteiger partial charge in [0.2, 0.25) is 0 Å². The summed E-state index contributed by atoms with van der Waals surface area (Å²) in [6.45, 7) is 0.485. The first-order chi connectivity index (χ1) is 7.63. The Morgan fingerprint density at radius 2 is 2.19 bits per heavy atom. The third-order valence-corrected chi connectivity index (χ3v) is 3.34. The number of fused-ring (bicyclic) bond motifs is 1. The summed E-state index contributed by atoms with van der Waals surface area (Å²) < 4.78 is 0. The average Bonchev–Trinajstić information content (AvgIpc) is 2.68. The summed E-state index contributed by atoms with van der Waals surface area (Å²) in [5.74, 6) is -0.0860. The van der Waals surface area contributed by atoms with Crippen LogP contribution in [0.2, 0.25) is 0 Å². The van der Waals surface area contributed by atoms with Gasteiger partial charge in [0.15, 0.2) is 0 Å². The summed E-state index contributed by atoms with van der Waals surface area (Å²) in [6, 6.07) is 5.10. The molecule has 3 N–H and O–H groups in total. The molecule has 0 radical (unpaired) electrons. The van der Waals surface area contributed by atoms with Gasteiger partial charge in [0.1, 0.15) is 6.10 Å². The van der Waals surface area contributed by atoms with Gasteiger partial charge in [0, 0.05) is 17.4 Å². The SMILES string of the molecule is O=C1NCc2cc(C(O)C(O)CBr)ccc21. The second-order valence-corrected chi connectivity index (χ2v) is 4.41. The number of benzene rings is 1. The van der Waals surface area contributed by atoms with Gasteiger partial charge >= 0.3 is 0 Å². The van der Waals surface area contributed by atoms with Crippen molar-refractivity contribution < 1.29 is 15.0 Å². The van der Waals surface area contributed by atoms with Crippen LogP contribution in [-0.2, 0) is 6.54 Å². The number of alkyl halides is 1. The summed E-state index contributed by atoms with van der Waals surface area (Å²) in [5.41, 5.74) is 2.13. The lowest BCUT2D eigenvalue weighted by molar-refractivity contribution is 0.0342. The number of hydrogen-bond donors (Lipinski definition) is 3. The molecule has 0 saturated heterocycles. The van der Waals surface area contributed by atoms with Crippen molar-refractivity contribution in [2.45, 2.75) is 18.8 Å². The predicted octanol–water partition coefficient (Wildman–Crippen LogP) is 0.719. The molecule has 1 aromatic rings. The molecule has 86 valence electrons. The number of nitrogens with one attached hydrogen (secondary N) is 1. The maximum absolute atomic E-state index is 11.3.